The highest BCUT2D eigenvalue weighted by Crippen LogP contribution is 2.28. The van der Waals surface area contributed by atoms with E-state index in [1.54, 1.807) is 12.1 Å². The summed E-state index contributed by atoms with van der Waals surface area (Å²) in [6.45, 7) is 8.19. The summed E-state index contributed by atoms with van der Waals surface area (Å²) in [7, 11) is 0. The van der Waals surface area contributed by atoms with E-state index in [4.69, 9.17) is 4.74 Å². The average Bonchev–Trinajstić information content (AvgIpc) is 3.00. The van der Waals surface area contributed by atoms with Crippen molar-refractivity contribution in [3.05, 3.63) is 35.9 Å². The maximum atomic E-state index is 12.9. The van der Waals surface area contributed by atoms with Gasteiger partial charge in [-0.2, -0.15) is 4.37 Å². The third-order valence-corrected chi connectivity index (χ3v) is 4.69. The summed E-state index contributed by atoms with van der Waals surface area (Å²) in [5.41, 5.74) is -0.0151. The van der Waals surface area contributed by atoms with E-state index in [9.17, 15) is 4.39 Å². The Morgan fingerprint density at radius 3 is 2.39 bits per heavy atom. The van der Waals surface area contributed by atoms with Crippen molar-refractivity contribution < 1.29 is 9.13 Å². The molecule has 2 heterocycles. The Kier molecular flexibility index (Phi) is 4.53. The number of hydrogen-bond acceptors (Lipinski definition) is 5. The number of rotatable bonds is 3. The van der Waals surface area contributed by atoms with Gasteiger partial charge in [-0.25, -0.2) is 9.37 Å². The number of piperidine rings is 1. The number of hydrogen-bond donors (Lipinski definition) is 0. The first-order valence-corrected chi connectivity index (χ1v) is 8.70. The molecule has 1 aromatic heterocycles. The molecule has 6 heteroatoms. The molecule has 0 saturated carbocycles. The van der Waals surface area contributed by atoms with Gasteiger partial charge in [-0.3, -0.25) is 0 Å². The smallest absolute Gasteiger partial charge is 0.205 e. The van der Waals surface area contributed by atoms with Crippen LogP contribution in [0.15, 0.2) is 24.3 Å². The predicted molar refractivity (Wildman–Crippen MR) is 90.9 cm³/mol. The van der Waals surface area contributed by atoms with Gasteiger partial charge in [-0.15, -0.1) is 0 Å². The molecule has 2 aromatic rings. The van der Waals surface area contributed by atoms with Gasteiger partial charge in [0.15, 0.2) is 0 Å². The first-order chi connectivity index (χ1) is 10.9. The van der Waals surface area contributed by atoms with Crippen molar-refractivity contribution in [1.29, 1.82) is 0 Å². The lowest BCUT2D eigenvalue weighted by Crippen LogP contribution is -2.38. The zero-order chi connectivity index (χ0) is 16.4. The Morgan fingerprint density at radius 1 is 1.17 bits per heavy atom. The van der Waals surface area contributed by atoms with Crippen molar-refractivity contribution in [3.8, 4) is 5.75 Å². The number of anilines is 1. The first-order valence-electron chi connectivity index (χ1n) is 7.93. The van der Waals surface area contributed by atoms with E-state index >= 15 is 0 Å². The summed E-state index contributed by atoms with van der Waals surface area (Å²) >= 11 is 1.47. The van der Waals surface area contributed by atoms with Crippen molar-refractivity contribution in [1.82, 2.24) is 9.36 Å². The highest BCUT2D eigenvalue weighted by atomic mass is 32.1. The van der Waals surface area contributed by atoms with Crippen LogP contribution >= 0.6 is 11.5 Å². The fourth-order valence-electron chi connectivity index (χ4n) is 2.52. The van der Waals surface area contributed by atoms with E-state index in [2.05, 4.69) is 35.0 Å². The van der Waals surface area contributed by atoms with Gasteiger partial charge in [0.05, 0.1) is 0 Å². The quantitative estimate of drug-likeness (QED) is 0.849. The molecule has 124 valence electrons. The summed E-state index contributed by atoms with van der Waals surface area (Å²) in [4.78, 5) is 6.95. The predicted octanol–water partition coefficient (Wildman–Crippen LogP) is 4.02. The second-order valence-electron chi connectivity index (χ2n) is 6.91. The lowest BCUT2D eigenvalue weighted by atomic mass is 9.96. The normalized spacial score (nSPS) is 16.6. The second kappa shape index (κ2) is 6.43. The van der Waals surface area contributed by atoms with Crippen LogP contribution in [0.2, 0.25) is 0 Å². The minimum atomic E-state index is -0.238. The molecule has 1 aromatic carbocycles. The minimum Gasteiger partial charge on any atom is -0.490 e. The van der Waals surface area contributed by atoms with E-state index in [-0.39, 0.29) is 17.3 Å². The average molecular weight is 335 g/mol. The van der Waals surface area contributed by atoms with Crippen molar-refractivity contribution >= 4 is 16.7 Å². The lowest BCUT2D eigenvalue weighted by molar-refractivity contribution is 0.170. The van der Waals surface area contributed by atoms with Gasteiger partial charge in [0.25, 0.3) is 0 Å². The van der Waals surface area contributed by atoms with Gasteiger partial charge in [-0.1, -0.05) is 20.8 Å². The Balaban J connectivity index is 1.56. The van der Waals surface area contributed by atoms with Crippen LogP contribution in [0.4, 0.5) is 9.52 Å². The van der Waals surface area contributed by atoms with Crippen LogP contribution in [0.25, 0.3) is 0 Å². The van der Waals surface area contributed by atoms with Gasteiger partial charge in [0.2, 0.25) is 5.13 Å². The zero-order valence-corrected chi connectivity index (χ0v) is 14.6. The molecule has 0 aliphatic carbocycles. The molecular formula is C17H22FN3OS. The molecule has 0 spiro atoms. The van der Waals surface area contributed by atoms with E-state index in [1.807, 2.05) is 0 Å². The first kappa shape index (κ1) is 16.2. The van der Waals surface area contributed by atoms with Crippen LogP contribution in [-0.2, 0) is 5.41 Å². The summed E-state index contributed by atoms with van der Waals surface area (Å²) in [5, 5.41) is 0.996. The molecule has 0 radical (unpaired) electrons. The van der Waals surface area contributed by atoms with Crippen LogP contribution in [0, 0.1) is 5.82 Å². The molecule has 0 N–H and O–H groups in total. The summed E-state index contributed by atoms with van der Waals surface area (Å²) in [5.74, 6) is 1.40. The fourth-order valence-corrected chi connectivity index (χ4v) is 3.43. The molecule has 23 heavy (non-hydrogen) atoms. The third-order valence-electron chi connectivity index (χ3n) is 3.92. The molecule has 0 unspecified atom stereocenters. The molecule has 4 nitrogen and oxygen atoms in total. The summed E-state index contributed by atoms with van der Waals surface area (Å²) < 4.78 is 23.3. The van der Waals surface area contributed by atoms with E-state index in [0.717, 1.165) is 42.6 Å². The van der Waals surface area contributed by atoms with Crippen LogP contribution in [0.1, 0.15) is 39.4 Å². The van der Waals surface area contributed by atoms with Gasteiger partial charge < -0.3 is 9.64 Å². The number of benzene rings is 1. The highest BCUT2D eigenvalue weighted by Gasteiger charge is 2.25. The second-order valence-corrected chi connectivity index (χ2v) is 7.64. The van der Waals surface area contributed by atoms with E-state index in [0.29, 0.717) is 0 Å². The largest absolute Gasteiger partial charge is 0.490 e. The fraction of sp³-hybridized carbons (Fsp3) is 0.529. The highest BCUT2D eigenvalue weighted by molar-refractivity contribution is 7.09. The zero-order valence-electron chi connectivity index (χ0n) is 13.8. The van der Waals surface area contributed by atoms with Crippen LogP contribution < -0.4 is 9.64 Å². The summed E-state index contributed by atoms with van der Waals surface area (Å²) in [6.07, 6.45) is 2.04. The van der Waals surface area contributed by atoms with Crippen LogP contribution in [0.5, 0.6) is 5.75 Å². The summed E-state index contributed by atoms with van der Waals surface area (Å²) in [6, 6.07) is 6.23. The van der Waals surface area contributed by atoms with Gasteiger partial charge in [-0.05, 0) is 24.3 Å². The maximum absolute atomic E-state index is 12.9. The third kappa shape index (κ3) is 3.99. The van der Waals surface area contributed by atoms with E-state index < -0.39 is 0 Å². The number of aromatic nitrogens is 2. The van der Waals surface area contributed by atoms with Crippen molar-refractivity contribution in [2.24, 2.45) is 0 Å². The molecule has 0 bridgehead atoms. The molecular weight excluding hydrogens is 313 g/mol. The molecule has 3 rings (SSSR count). The molecule has 0 amide bonds. The SMILES string of the molecule is CC(C)(C)c1nsc(N2CCC(Oc3ccc(F)cc3)CC2)n1. The van der Waals surface area contributed by atoms with Crippen LogP contribution in [-0.4, -0.2) is 28.6 Å². The van der Waals surface area contributed by atoms with Gasteiger partial charge in [0.1, 0.15) is 23.5 Å². The van der Waals surface area contributed by atoms with Crippen molar-refractivity contribution in [2.45, 2.75) is 45.1 Å². The Hall–Kier alpha value is -1.69. The van der Waals surface area contributed by atoms with Gasteiger partial charge >= 0.3 is 0 Å². The number of halogens is 1. The maximum Gasteiger partial charge on any atom is 0.205 e. The number of ether oxygens (including phenoxy) is 1. The lowest BCUT2D eigenvalue weighted by Gasteiger charge is -2.31. The minimum absolute atomic E-state index is 0.0151. The Morgan fingerprint density at radius 2 is 1.83 bits per heavy atom. The van der Waals surface area contributed by atoms with Gasteiger partial charge in [0, 0.05) is 42.9 Å². The van der Waals surface area contributed by atoms with Crippen molar-refractivity contribution in [2.75, 3.05) is 18.0 Å². The topological polar surface area (TPSA) is 38.2 Å². The molecule has 0 atom stereocenters. The van der Waals surface area contributed by atoms with Crippen molar-refractivity contribution in [3.63, 3.8) is 0 Å². The molecule has 1 aliphatic rings. The molecule has 1 aliphatic heterocycles. The standard InChI is InChI=1S/C17H22FN3OS/c1-17(2,3)15-19-16(23-20-15)21-10-8-14(9-11-21)22-13-6-4-12(18)5-7-13/h4-7,14H,8-11H2,1-3H3. The number of nitrogens with zero attached hydrogens (tertiary/aromatic N) is 3. The van der Waals surface area contributed by atoms with E-state index in [1.165, 1.54) is 23.7 Å². The monoisotopic (exact) mass is 335 g/mol. The Bertz CT molecular complexity index is 643. The Labute approximate surface area is 140 Å². The van der Waals surface area contributed by atoms with Crippen LogP contribution in [0.3, 0.4) is 0 Å². The molecule has 1 fully saturated rings. The molecule has 1 saturated heterocycles.